The van der Waals surface area contributed by atoms with E-state index in [9.17, 15) is 14.9 Å². The molecule has 2 amide bonds. The molecule has 33 heavy (non-hydrogen) atoms. The number of nitriles is 1. The highest BCUT2D eigenvalue weighted by Crippen LogP contribution is 2.30. The van der Waals surface area contributed by atoms with E-state index in [0.717, 1.165) is 19.4 Å². The number of aromatic nitrogens is 2. The number of carbonyl (C=O) groups excluding carboxylic acids is 2. The highest BCUT2D eigenvalue weighted by molar-refractivity contribution is 5.99. The molecule has 1 aromatic carbocycles. The molecule has 1 saturated heterocycles. The van der Waals surface area contributed by atoms with Crippen LogP contribution in [0.4, 0.5) is 17.5 Å². The molecule has 0 radical (unpaired) electrons. The van der Waals surface area contributed by atoms with Gasteiger partial charge in [-0.05, 0) is 50.5 Å². The van der Waals surface area contributed by atoms with E-state index < -0.39 is 11.3 Å². The zero-order valence-electron chi connectivity index (χ0n) is 19.4. The predicted molar refractivity (Wildman–Crippen MR) is 126 cm³/mol. The van der Waals surface area contributed by atoms with Crippen LogP contribution in [0, 0.1) is 11.3 Å². The second-order valence-electron chi connectivity index (χ2n) is 9.01. The zero-order chi connectivity index (χ0) is 24.3. The van der Waals surface area contributed by atoms with Gasteiger partial charge in [0.05, 0.1) is 11.5 Å². The number of anilines is 3. The van der Waals surface area contributed by atoms with Gasteiger partial charge < -0.3 is 26.6 Å². The molecule has 1 aromatic heterocycles. The molecule has 1 aliphatic heterocycles. The summed E-state index contributed by atoms with van der Waals surface area (Å²) >= 11 is 0. The van der Waals surface area contributed by atoms with Gasteiger partial charge in [-0.2, -0.15) is 10.2 Å². The van der Waals surface area contributed by atoms with Gasteiger partial charge in [-0.3, -0.25) is 9.59 Å². The normalized spacial score (nSPS) is 16.1. The van der Waals surface area contributed by atoms with Crippen molar-refractivity contribution in [1.82, 2.24) is 14.9 Å². The highest BCUT2D eigenvalue weighted by atomic mass is 16.2. The summed E-state index contributed by atoms with van der Waals surface area (Å²) in [6.45, 7) is 4.92. The molecule has 0 spiro atoms. The van der Waals surface area contributed by atoms with E-state index in [1.54, 1.807) is 46.1 Å². The average molecular weight is 451 g/mol. The molecule has 174 valence electrons. The molecule has 2 heterocycles. The molecule has 10 nitrogen and oxygen atoms in total. The third-order valence-electron chi connectivity index (χ3n) is 5.63. The monoisotopic (exact) mass is 450 g/mol. The number of nitrogens with two attached hydrogens (primary N) is 2. The van der Waals surface area contributed by atoms with Crippen molar-refractivity contribution < 1.29 is 9.59 Å². The quantitative estimate of drug-likeness (QED) is 0.601. The van der Waals surface area contributed by atoms with Gasteiger partial charge in [0.2, 0.25) is 5.95 Å². The van der Waals surface area contributed by atoms with Gasteiger partial charge in [0.25, 0.3) is 11.8 Å². The Morgan fingerprint density at radius 3 is 2.64 bits per heavy atom. The molecule has 2 aromatic rings. The lowest BCUT2D eigenvalue weighted by atomic mass is 9.85. The number of benzene rings is 1. The maximum Gasteiger partial charge on any atom is 0.254 e. The Morgan fingerprint density at radius 2 is 2.03 bits per heavy atom. The van der Waals surface area contributed by atoms with E-state index in [4.69, 9.17) is 11.5 Å². The van der Waals surface area contributed by atoms with Crippen LogP contribution in [-0.2, 0) is 5.41 Å². The first kappa shape index (κ1) is 23.9. The molecule has 0 aliphatic carbocycles. The molecule has 10 heteroatoms. The number of piperidine rings is 1. The summed E-state index contributed by atoms with van der Waals surface area (Å²) in [5.74, 6) is -0.232. The number of hydrogen-bond donors (Lipinski definition) is 3. The molecule has 0 unspecified atom stereocenters. The van der Waals surface area contributed by atoms with E-state index in [1.165, 1.54) is 11.1 Å². The van der Waals surface area contributed by atoms with E-state index >= 15 is 0 Å². The number of primary amides is 1. The van der Waals surface area contributed by atoms with Gasteiger partial charge >= 0.3 is 0 Å². The van der Waals surface area contributed by atoms with Crippen LogP contribution in [0.15, 0.2) is 24.4 Å². The third-order valence-corrected chi connectivity index (χ3v) is 5.63. The highest BCUT2D eigenvalue weighted by Gasteiger charge is 2.24. The van der Waals surface area contributed by atoms with Gasteiger partial charge in [0.1, 0.15) is 11.4 Å². The maximum absolute atomic E-state index is 12.7. The van der Waals surface area contributed by atoms with Gasteiger partial charge in [-0.25, -0.2) is 4.98 Å². The van der Waals surface area contributed by atoms with Gasteiger partial charge in [0, 0.05) is 50.7 Å². The van der Waals surface area contributed by atoms with Crippen LogP contribution in [0.25, 0.3) is 0 Å². The SMILES string of the molecule is CN(C)C(=O)c1cc(Nc2nc(N3CCC[C@H](N)C3)ncc2C(N)=O)cc(C(C)(C)C#N)c1. The summed E-state index contributed by atoms with van der Waals surface area (Å²) in [7, 11) is 3.31. The Bertz CT molecular complexity index is 1110. The number of hydrogen-bond acceptors (Lipinski definition) is 8. The second kappa shape index (κ2) is 9.42. The number of nitrogens with one attached hydrogen (secondary N) is 1. The Kier molecular flexibility index (Phi) is 6.84. The molecule has 0 bridgehead atoms. The molecular formula is C23H30N8O2. The van der Waals surface area contributed by atoms with Crippen LogP contribution in [0.1, 0.15) is 53.0 Å². The van der Waals surface area contributed by atoms with Crippen LogP contribution >= 0.6 is 0 Å². The largest absolute Gasteiger partial charge is 0.365 e. The fraction of sp³-hybridized carbons (Fsp3) is 0.435. The summed E-state index contributed by atoms with van der Waals surface area (Å²) in [5.41, 5.74) is 12.5. The van der Waals surface area contributed by atoms with Crippen LogP contribution in [0.5, 0.6) is 0 Å². The minimum Gasteiger partial charge on any atom is -0.365 e. The Balaban J connectivity index is 2.07. The van der Waals surface area contributed by atoms with Crippen molar-refractivity contribution in [3.8, 4) is 6.07 Å². The van der Waals surface area contributed by atoms with Crippen LogP contribution in [-0.4, -0.2) is 59.9 Å². The summed E-state index contributed by atoms with van der Waals surface area (Å²) < 4.78 is 0. The van der Waals surface area contributed by atoms with Crippen molar-refractivity contribution in [2.24, 2.45) is 11.5 Å². The van der Waals surface area contributed by atoms with Crippen LogP contribution < -0.4 is 21.7 Å². The Hall–Kier alpha value is -3.71. The van der Waals surface area contributed by atoms with Crippen molar-refractivity contribution in [3.63, 3.8) is 0 Å². The second-order valence-corrected chi connectivity index (χ2v) is 9.01. The van der Waals surface area contributed by atoms with Crippen molar-refractivity contribution in [2.75, 3.05) is 37.4 Å². The average Bonchev–Trinajstić information content (AvgIpc) is 2.78. The lowest BCUT2D eigenvalue weighted by Crippen LogP contribution is -2.43. The first-order valence-corrected chi connectivity index (χ1v) is 10.7. The lowest BCUT2D eigenvalue weighted by molar-refractivity contribution is 0.0827. The van der Waals surface area contributed by atoms with Crippen LogP contribution in [0.3, 0.4) is 0 Å². The predicted octanol–water partition coefficient (Wildman–Crippen LogP) is 1.75. The fourth-order valence-electron chi connectivity index (χ4n) is 3.64. The first-order valence-electron chi connectivity index (χ1n) is 10.7. The van der Waals surface area contributed by atoms with E-state index in [1.807, 2.05) is 4.90 Å². The summed E-state index contributed by atoms with van der Waals surface area (Å²) in [6, 6.07) is 7.40. The zero-order valence-corrected chi connectivity index (χ0v) is 19.4. The minimum atomic E-state index is -0.841. The number of nitrogens with zero attached hydrogens (tertiary/aromatic N) is 5. The lowest BCUT2D eigenvalue weighted by Gasteiger charge is -2.31. The number of rotatable bonds is 6. The smallest absolute Gasteiger partial charge is 0.254 e. The first-order chi connectivity index (χ1) is 15.5. The van der Waals surface area contributed by atoms with E-state index in [2.05, 4.69) is 21.4 Å². The van der Waals surface area contributed by atoms with Crippen molar-refractivity contribution in [1.29, 1.82) is 5.26 Å². The molecule has 1 atom stereocenters. The molecule has 3 rings (SSSR count). The number of carbonyl (C=O) groups is 2. The Morgan fingerprint density at radius 1 is 1.30 bits per heavy atom. The molecular weight excluding hydrogens is 420 g/mol. The standard InChI is InChI=1S/C23H30N8O2/c1-23(2,13-24)15-8-14(21(33)30(3)4)9-17(10-15)28-20-18(19(26)32)11-27-22(29-20)31-7-5-6-16(25)12-31/h8-11,16H,5-7,12,25H2,1-4H3,(H2,26,32)(H,27,28,29)/t16-/m0/s1. The molecule has 1 aliphatic rings. The Labute approximate surface area is 193 Å². The van der Waals surface area contributed by atoms with Crippen molar-refractivity contribution >= 4 is 29.3 Å². The minimum absolute atomic E-state index is 0.0269. The van der Waals surface area contributed by atoms with E-state index in [-0.39, 0.29) is 23.3 Å². The summed E-state index contributed by atoms with van der Waals surface area (Å²) in [5, 5.41) is 12.7. The number of amides is 2. The van der Waals surface area contributed by atoms with Crippen molar-refractivity contribution in [2.45, 2.75) is 38.1 Å². The maximum atomic E-state index is 12.7. The molecule has 1 fully saturated rings. The van der Waals surface area contributed by atoms with Gasteiger partial charge in [-0.1, -0.05) is 0 Å². The van der Waals surface area contributed by atoms with Gasteiger partial charge in [-0.15, -0.1) is 0 Å². The van der Waals surface area contributed by atoms with Gasteiger partial charge in [0.15, 0.2) is 0 Å². The fourth-order valence-corrected chi connectivity index (χ4v) is 3.64. The summed E-state index contributed by atoms with van der Waals surface area (Å²) in [4.78, 5) is 37.0. The summed E-state index contributed by atoms with van der Waals surface area (Å²) in [6.07, 6.45) is 3.25. The van der Waals surface area contributed by atoms with Crippen LogP contribution in [0.2, 0.25) is 0 Å². The molecule has 0 saturated carbocycles. The molecule has 5 N–H and O–H groups in total. The topological polar surface area (TPSA) is 154 Å². The third kappa shape index (κ3) is 5.38. The van der Waals surface area contributed by atoms with Crippen molar-refractivity contribution in [3.05, 3.63) is 41.1 Å². The van der Waals surface area contributed by atoms with E-state index in [0.29, 0.717) is 29.3 Å².